The molecule has 0 aliphatic heterocycles. The van der Waals surface area contributed by atoms with Crippen molar-refractivity contribution in [2.75, 3.05) is 5.32 Å². The molecule has 82 valence electrons. The van der Waals surface area contributed by atoms with Crippen molar-refractivity contribution in [3.8, 4) is 5.82 Å². The molecule has 0 radical (unpaired) electrons. The Labute approximate surface area is 93.1 Å². The fourth-order valence-electron chi connectivity index (χ4n) is 1.42. The molecule has 2 heterocycles. The number of amides is 1. The van der Waals surface area contributed by atoms with Crippen LogP contribution in [0.15, 0.2) is 30.5 Å². The molecule has 2 rings (SSSR count). The number of rotatable bonds is 2. The van der Waals surface area contributed by atoms with E-state index in [0.29, 0.717) is 11.6 Å². The predicted molar refractivity (Wildman–Crippen MR) is 60.4 cm³/mol. The minimum Gasteiger partial charge on any atom is -0.311 e. The molecule has 5 heteroatoms. The monoisotopic (exact) mass is 216 g/mol. The highest BCUT2D eigenvalue weighted by Gasteiger charge is 2.08. The minimum absolute atomic E-state index is 0.128. The van der Waals surface area contributed by atoms with Crippen LogP contribution in [-0.4, -0.2) is 20.7 Å². The highest BCUT2D eigenvalue weighted by atomic mass is 16.1. The molecular weight excluding hydrogens is 204 g/mol. The zero-order valence-corrected chi connectivity index (χ0v) is 9.14. The van der Waals surface area contributed by atoms with Gasteiger partial charge in [0.2, 0.25) is 5.91 Å². The number of anilines is 1. The number of nitrogens with one attached hydrogen (secondary N) is 1. The molecular formula is C11H12N4O. The summed E-state index contributed by atoms with van der Waals surface area (Å²) in [5.41, 5.74) is 0.828. The normalized spacial score (nSPS) is 10.1. The predicted octanol–water partition coefficient (Wildman–Crippen LogP) is 1.53. The Balaban J connectivity index is 2.44. The molecule has 0 aliphatic carbocycles. The van der Waals surface area contributed by atoms with Gasteiger partial charge in [-0.05, 0) is 19.1 Å². The summed E-state index contributed by atoms with van der Waals surface area (Å²) in [6.07, 6.45) is 1.68. The van der Waals surface area contributed by atoms with Crippen LogP contribution >= 0.6 is 0 Å². The van der Waals surface area contributed by atoms with Gasteiger partial charge in [0.15, 0.2) is 5.82 Å². The van der Waals surface area contributed by atoms with Crippen LogP contribution in [0.5, 0.6) is 0 Å². The maximum atomic E-state index is 11.0. The van der Waals surface area contributed by atoms with Crippen LogP contribution < -0.4 is 5.32 Å². The van der Waals surface area contributed by atoms with Crippen LogP contribution in [0.3, 0.4) is 0 Å². The average Bonchev–Trinajstić information content (AvgIpc) is 2.60. The molecule has 0 atom stereocenters. The van der Waals surface area contributed by atoms with E-state index in [4.69, 9.17) is 0 Å². The van der Waals surface area contributed by atoms with E-state index in [1.807, 2.05) is 25.1 Å². The first-order valence-corrected chi connectivity index (χ1v) is 4.92. The van der Waals surface area contributed by atoms with Gasteiger partial charge in [-0.2, -0.15) is 9.78 Å². The number of aromatic nitrogens is 3. The summed E-state index contributed by atoms with van der Waals surface area (Å²) in [6.45, 7) is 3.33. The quantitative estimate of drug-likeness (QED) is 0.828. The molecule has 0 unspecified atom stereocenters. The van der Waals surface area contributed by atoms with E-state index in [1.165, 1.54) is 6.92 Å². The third kappa shape index (κ3) is 2.08. The number of hydrogen-bond donors (Lipinski definition) is 1. The zero-order chi connectivity index (χ0) is 11.5. The molecule has 0 aliphatic rings. The van der Waals surface area contributed by atoms with Gasteiger partial charge in [-0.15, -0.1) is 0 Å². The number of hydrogen-bond acceptors (Lipinski definition) is 3. The van der Waals surface area contributed by atoms with Gasteiger partial charge >= 0.3 is 0 Å². The van der Waals surface area contributed by atoms with E-state index in [-0.39, 0.29) is 5.91 Å². The summed E-state index contributed by atoms with van der Waals surface area (Å²) >= 11 is 0. The van der Waals surface area contributed by atoms with Gasteiger partial charge in [-0.3, -0.25) is 4.79 Å². The van der Waals surface area contributed by atoms with Gasteiger partial charge in [-0.1, -0.05) is 6.07 Å². The van der Waals surface area contributed by atoms with Crippen molar-refractivity contribution in [2.24, 2.45) is 0 Å². The Morgan fingerprint density at radius 3 is 2.88 bits per heavy atom. The molecule has 5 nitrogen and oxygen atoms in total. The van der Waals surface area contributed by atoms with Gasteiger partial charge in [0.1, 0.15) is 5.82 Å². The second kappa shape index (κ2) is 4.14. The average molecular weight is 216 g/mol. The summed E-state index contributed by atoms with van der Waals surface area (Å²) in [5.74, 6) is 1.18. The minimum atomic E-state index is -0.128. The molecule has 0 spiro atoms. The summed E-state index contributed by atoms with van der Waals surface area (Å²) in [5, 5.41) is 6.99. The molecule has 0 aromatic carbocycles. The van der Waals surface area contributed by atoms with Crippen molar-refractivity contribution in [1.29, 1.82) is 0 Å². The number of carbonyl (C=O) groups excluding carboxylic acids is 1. The highest BCUT2D eigenvalue weighted by molar-refractivity contribution is 5.88. The number of nitrogens with zero attached hydrogens (tertiary/aromatic N) is 3. The highest BCUT2D eigenvalue weighted by Crippen LogP contribution is 2.14. The molecule has 0 saturated heterocycles. The number of aryl methyl sites for hydroxylation is 1. The second-order valence-electron chi connectivity index (χ2n) is 3.45. The van der Waals surface area contributed by atoms with Gasteiger partial charge < -0.3 is 5.32 Å². The first-order valence-electron chi connectivity index (χ1n) is 4.92. The maximum absolute atomic E-state index is 11.0. The Kier molecular flexibility index (Phi) is 2.68. The molecule has 2 aromatic rings. The fourth-order valence-corrected chi connectivity index (χ4v) is 1.42. The van der Waals surface area contributed by atoms with Gasteiger partial charge in [-0.25, -0.2) is 4.98 Å². The van der Waals surface area contributed by atoms with E-state index < -0.39 is 0 Å². The lowest BCUT2D eigenvalue weighted by molar-refractivity contribution is -0.114. The van der Waals surface area contributed by atoms with Gasteiger partial charge in [0.05, 0.1) is 5.69 Å². The molecule has 0 fully saturated rings. The summed E-state index contributed by atoms with van der Waals surface area (Å²) in [6, 6.07) is 7.34. The Hall–Kier alpha value is -2.17. The topological polar surface area (TPSA) is 59.8 Å². The lowest BCUT2D eigenvalue weighted by Crippen LogP contribution is -2.11. The zero-order valence-electron chi connectivity index (χ0n) is 9.14. The van der Waals surface area contributed by atoms with E-state index in [0.717, 1.165) is 5.69 Å². The van der Waals surface area contributed by atoms with E-state index in [9.17, 15) is 4.79 Å². The van der Waals surface area contributed by atoms with E-state index >= 15 is 0 Å². The van der Waals surface area contributed by atoms with Gasteiger partial charge in [0, 0.05) is 19.2 Å². The molecule has 2 aromatic heterocycles. The third-order valence-corrected chi connectivity index (χ3v) is 2.00. The first kappa shape index (κ1) is 10.4. The van der Waals surface area contributed by atoms with Crippen LogP contribution in [0.2, 0.25) is 0 Å². The lowest BCUT2D eigenvalue weighted by atomic mass is 10.4. The summed E-state index contributed by atoms with van der Waals surface area (Å²) < 4.78 is 1.61. The van der Waals surface area contributed by atoms with Crippen molar-refractivity contribution >= 4 is 11.7 Å². The van der Waals surface area contributed by atoms with Crippen LogP contribution in [0.1, 0.15) is 12.6 Å². The summed E-state index contributed by atoms with van der Waals surface area (Å²) in [7, 11) is 0. The maximum Gasteiger partial charge on any atom is 0.222 e. The third-order valence-electron chi connectivity index (χ3n) is 2.00. The smallest absolute Gasteiger partial charge is 0.222 e. The van der Waals surface area contributed by atoms with Crippen molar-refractivity contribution in [2.45, 2.75) is 13.8 Å². The van der Waals surface area contributed by atoms with E-state index in [2.05, 4.69) is 15.4 Å². The molecule has 16 heavy (non-hydrogen) atoms. The molecule has 1 N–H and O–H groups in total. The standard InChI is InChI=1S/C11H12N4O/c1-8-7-11(13-9(2)16)15(14-8)10-5-3-4-6-12-10/h3-7H,1-2H3,(H,13,16). The van der Waals surface area contributed by atoms with Crippen LogP contribution in [0, 0.1) is 6.92 Å². The first-order chi connectivity index (χ1) is 7.66. The summed E-state index contributed by atoms with van der Waals surface area (Å²) in [4.78, 5) is 15.2. The molecule has 0 bridgehead atoms. The second-order valence-corrected chi connectivity index (χ2v) is 3.45. The molecule has 1 amide bonds. The van der Waals surface area contributed by atoms with Crippen molar-refractivity contribution in [3.05, 3.63) is 36.2 Å². The number of carbonyl (C=O) groups is 1. The Bertz CT molecular complexity index is 504. The van der Waals surface area contributed by atoms with Gasteiger partial charge in [0.25, 0.3) is 0 Å². The molecule has 0 saturated carbocycles. The lowest BCUT2D eigenvalue weighted by Gasteiger charge is -2.05. The largest absolute Gasteiger partial charge is 0.311 e. The van der Waals surface area contributed by atoms with Crippen molar-refractivity contribution < 1.29 is 4.79 Å². The van der Waals surface area contributed by atoms with Crippen molar-refractivity contribution in [3.63, 3.8) is 0 Å². The van der Waals surface area contributed by atoms with Crippen LogP contribution in [0.25, 0.3) is 5.82 Å². The SMILES string of the molecule is CC(=O)Nc1cc(C)nn1-c1ccccn1. The fraction of sp³-hybridized carbons (Fsp3) is 0.182. The van der Waals surface area contributed by atoms with Crippen molar-refractivity contribution in [1.82, 2.24) is 14.8 Å². The Morgan fingerprint density at radius 1 is 1.44 bits per heavy atom. The van der Waals surface area contributed by atoms with Crippen LogP contribution in [0.4, 0.5) is 5.82 Å². The van der Waals surface area contributed by atoms with E-state index in [1.54, 1.807) is 16.9 Å². The number of pyridine rings is 1. The van der Waals surface area contributed by atoms with Crippen LogP contribution in [-0.2, 0) is 4.79 Å². The Morgan fingerprint density at radius 2 is 2.25 bits per heavy atom.